The normalized spacial score (nSPS) is 11.1. The lowest BCUT2D eigenvalue weighted by molar-refractivity contribution is -0.138. The van der Waals surface area contributed by atoms with Crippen molar-refractivity contribution in [2.24, 2.45) is 0 Å². The van der Waals surface area contributed by atoms with Gasteiger partial charge in [0, 0.05) is 6.54 Å². The minimum absolute atomic E-state index is 0.0984. The Labute approximate surface area is 106 Å². The molecule has 0 radical (unpaired) electrons. The number of carboxylic acid groups (broad SMARTS) is 1. The highest BCUT2D eigenvalue weighted by Gasteiger charge is 2.23. The molecule has 0 fully saturated rings. The first-order valence-corrected chi connectivity index (χ1v) is 5.64. The van der Waals surface area contributed by atoms with E-state index in [4.69, 9.17) is 19.7 Å². The molecule has 0 aliphatic carbocycles. The van der Waals surface area contributed by atoms with E-state index in [1.807, 2.05) is 0 Å². The minimum Gasteiger partial charge on any atom is -0.480 e. The largest absolute Gasteiger partial charge is 0.480 e. The van der Waals surface area contributed by atoms with Gasteiger partial charge in [-0.25, -0.2) is 4.79 Å². The third-order valence-electron chi connectivity index (χ3n) is 1.72. The van der Waals surface area contributed by atoms with Crippen LogP contribution in [-0.2, 0) is 14.3 Å². The summed E-state index contributed by atoms with van der Waals surface area (Å²) in [6.45, 7) is 4.93. The van der Waals surface area contributed by atoms with E-state index in [1.54, 1.807) is 20.8 Å². The molecule has 0 aliphatic rings. The molecule has 1 amide bonds. The second-order valence-corrected chi connectivity index (χ2v) is 4.63. The molecule has 7 heteroatoms. The van der Waals surface area contributed by atoms with Gasteiger partial charge in [0.05, 0.1) is 19.8 Å². The fraction of sp³-hybridized carbons (Fsp3) is 0.818. The van der Waals surface area contributed by atoms with Crippen molar-refractivity contribution in [1.29, 1.82) is 0 Å². The highest BCUT2D eigenvalue weighted by atomic mass is 16.6. The number of carboxylic acids is 1. The minimum atomic E-state index is -1.12. The topological polar surface area (TPSA) is 96.3 Å². The average Bonchev–Trinajstić information content (AvgIpc) is 2.19. The zero-order valence-electron chi connectivity index (χ0n) is 11.0. The van der Waals surface area contributed by atoms with Crippen LogP contribution in [0.5, 0.6) is 0 Å². The number of aliphatic carboxylic acids is 1. The summed E-state index contributed by atoms with van der Waals surface area (Å²) >= 11 is 0. The first-order valence-electron chi connectivity index (χ1n) is 5.64. The standard InChI is InChI=1S/C11H21NO6/c1-11(2,3)18-10(16)12(8-9(14)15)4-6-17-7-5-13/h13H,4-8H2,1-3H3,(H,14,15). The number of hydrogen-bond donors (Lipinski definition) is 2. The van der Waals surface area contributed by atoms with Gasteiger partial charge in [0.2, 0.25) is 0 Å². The van der Waals surface area contributed by atoms with Gasteiger partial charge < -0.3 is 19.7 Å². The van der Waals surface area contributed by atoms with E-state index in [0.717, 1.165) is 4.90 Å². The lowest BCUT2D eigenvalue weighted by Gasteiger charge is -2.26. The number of aliphatic hydroxyl groups is 1. The van der Waals surface area contributed by atoms with Gasteiger partial charge in [-0.05, 0) is 20.8 Å². The molecule has 106 valence electrons. The van der Waals surface area contributed by atoms with E-state index < -0.39 is 24.2 Å². The van der Waals surface area contributed by atoms with Crippen LogP contribution in [0.2, 0.25) is 0 Å². The molecule has 0 bridgehead atoms. The van der Waals surface area contributed by atoms with Gasteiger partial charge in [-0.1, -0.05) is 0 Å². The van der Waals surface area contributed by atoms with E-state index in [1.165, 1.54) is 0 Å². The van der Waals surface area contributed by atoms with Crippen molar-refractivity contribution in [3.8, 4) is 0 Å². The van der Waals surface area contributed by atoms with Gasteiger partial charge in [-0.2, -0.15) is 0 Å². The number of rotatable bonds is 7. The second kappa shape index (κ2) is 7.88. The maximum Gasteiger partial charge on any atom is 0.410 e. The van der Waals surface area contributed by atoms with E-state index in [9.17, 15) is 9.59 Å². The van der Waals surface area contributed by atoms with Gasteiger partial charge in [0.1, 0.15) is 12.1 Å². The van der Waals surface area contributed by atoms with Gasteiger partial charge in [0.15, 0.2) is 0 Å². The Morgan fingerprint density at radius 1 is 1.22 bits per heavy atom. The monoisotopic (exact) mass is 263 g/mol. The molecule has 0 atom stereocenters. The molecule has 0 saturated heterocycles. The van der Waals surface area contributed by atoms with Crippen LogP contribution in [0.25, 0.3) is 0 Å². The third kappa shape index (κ3) is 8.77. The molecule has 18 heavy (non-hydrogen) atoms. The van der Waals surface area contributed by atoms with Crippen LogP contribution in [0.3, 0.4) is 0 Å². The summed E-state index contributed by atoms with van der Waals surface area (Å²) in [5, 5.41) is 17.2. The molecule has 0 saturated carbocycles. The number of aliphatic hydroxyl groups excluding tert-OH is 1. The van der Waals surface area contributed by atoms with Crippen molar-refractivity contribution < 1.29 is 29.3 Å². The summed E-state index contributed by atoms with van der Waals surface area (Å²) in [4.78, 5) is 23.4. The maximum atomic E-state index is 11.7. The van der Waals surface area contributed by atoms with E-state index in [-0.39, 0.29) is 26.4 Å². The second-order valence-electron chi connectivity index (χ2n) is 4.63. The molecular weight excluding hydrogens is 242 g/mol. The van der Waals surface area contributed by atoms with Crippen LogP contribution < -0.4 is 0 Å². The highest BCUT2D eigenvalue weighted by Crippen LogP contribution is 2.09. The van der Waals surface area contributed by atoms with Crippen LogP contribution in [-0.4, -0.2) is 65.7 Å². The van der Waals surface area contributed by atoms with Gasteiger partial charge in [0.25, 0.3) is 0 Å². The summed E-state index contributed by atoms with van der Waals surface area (Å²) < 4.78 is 10.1. The third-order valence-corrected chi connectivity index (χ3v) is 1.72. The van der Waals surface area contributed by atoms with Crippen molar-refractivity contribution in [1.82, 2.24) is 4.90 Å². The fourth-order valence-corrected chi connectivity index (χ4v) is 1.07. The lowest BCUT2D eigenvalue weighted by Crippen LogP contribution is -2.41. The molecule has 7 nitrogen and oxygen atoms in total. The molecular formula is C11H21NO6. The molecule has 0 unspecified atom stereocenters. The van der Waals surface area contributed by atoms with Crippen LogP contribution in [0.1, 0.15) is 20.8 Å². The molecule has 0 heterocycles. The Morgan fingerprint density at radius 2 is 1.83 bits per heavy atom. The Bertz CT molecular complexity index is 273. The molecule has 2 N–H and O–H groups in total. The SMILES string of the molecule is CC(C)(C)OC(=O)N(CCOCCO)CC(=O)O. The van der Waals surface area contributed by atoms with Crippen molar-refractivity contribution in [2.75, 3.05) is 32.9 Å². The Morgan fingerprint density at radius 3 is 2.28 bits per heavy atom. The van der Waals surface area contributed by atoms with Crippen LogP contribution in [0.15, 0.2) is 0 Å². The van der Waals surface area contributed by atoms with Crippen molar-refractivity contribution in [3.63, 3.8) is 0 Å². The van der Waals surface area contributed by atoms with Gasteiger partial charge in [-0.15, -0.1) is 0 Å². The fourth-order valence-electron chi connectivity index (χ4n) is 1.07. The number of carbonyl (C=O) groups is 2. The molecule has 0 spiro atoms. The molecule has 0 rings (SSSR count). The number of amides is 1. The van der Waals surface area contributed by atoms with E-state index >= 15 is 0 Å². The summed E-state index contributed by atoms with van der Waals surface area (Å²) in [6, 6.07) is 0. The molecule has 0 aromatic carbocycles. The molecule has 0 aromatic heterocycles. The zero-order chi connectivity index (χ0) is 14.2. The first-order chi connectivity index (χ1) is 8.26. The number of nitrogens with zero attached hydrogens (tertiary/aromatic N) is 1. The summed E-state index contributed by atoms with van der Waals surface area (Å²) in [6.07, 6.45) is -0.697. The lowest BCUT2D eigenvalue weighted by atomic mass is 10.2. The van der Waals surface area contributed by atoms with Crippen LogP contribution >= 0.6 is 0 Å². The van der Waals surface area contributed by atoms with E-state index in [0.29, 0.717) is 0 Å². The predicted molar refractivity (Wildman–Crippen MR) is 63.3 cm³/mol. The summed E-state index contributed by atoms with van der Waals surface area (Å²) in [5.41, 5.74) is -0.681. The number of ether oxygens (including phenoxy) is 2. The predicted octanol–water partition coefficient (Wildman–Crippen LogP) is 0.317. The quantitative estimate of drug-likeness (QED) is 0.642. The number of hydrogen-bond acceptors (Lipinski definition) is 5. The maximum absolute atomic E-state index is 11.7. The molecule has 0 aliphatic heterocycles. The smallest absolute Gasteiger partial charge is 0.410 e. The summed E-state index contributed by atoms with van der Waals surface area (Å²) in [7, 11) is 0. The summed E-state index contributed by atoms with van der Waals surface area (Å²) in [5.74, 6) is -1.12. The van der Waals surface area contributed by atoms with Gasteiger partial charge >= 0.3 is 12.1 Å². The van der Waals surface area contributed by atoms with Gasteiger partial charge in [-0.3, -0.25) is 9.69 Å². The van der Waals surface area contributed by atoms with Crippen molar-refractivity contribution in [2.45, 2.75) is 26.4 Å². The Hall–Kier alpha value is -1.34. The average molecular weight is 263 g/mol. The van der Waals surface area contributed by atoms with E-state index in [2.05, 4.69) is 0 Å². The van der Waals surface area contributed by atoms with Crippen molar-refractivity contribution in [3.05, 3.63) is 0 Å². The van der Waals surface area contributed by atoms with Crippen LogP contribution in [0.4, 0.5) is 4.79 Å². The first kappa shape index (κ1) is 16.7. The Kier molecular flexibility index (Phi) is 7.30. The molecule has 0 aromatic rings. The van der Waals surface area contributed by atoms with Crippen LogP contribution in [0, 0.1) is 0 Å². The van der Waals surface area contributed by atoms with Crippen molar-refractivity contribution >= 4 is 12.1 Å². The number of carbonyl (C=O) groups excluding carboxylic acids is 1. The highest BCUT2D eigenvalue weighted by molar-refractivity contribution is 5.76. The zero-order valence-corrected chi connectivity index (χ0v) is 11.0. The Balaban J connectivity index is 4.29.